The lowest BCUT2D eigenvalue weighted by atomic mass is 10.2. The number of benzene rings is 1. The lowest BCUT2D eigenvalue weighted by Crippen LogP contribution is -2.45. The molecule has 1 aromatic heterocycles. The van der Waals surface area contributed by atoms with Crippen molar-refractivity contribution in [1.82, 2.24) is 14.5 Å². The summed E-state index contributed by atoms with van der Waals surface area (Å²) in [7, 11) is 1.85. The number of hydrogen-bond donors (Lipinski definition) is 2. The average molecular weight is 446 g/mol. The van der Waals surface area contributed by atoms with Crippen molar-refractivity contribution >= 4 is 17.4 Å². The van der Waals surface area contributed by atoms with Crippen molar-refractivity contribution in [3.63, 3.8) is 0 Å². The molecular formula is C23H35N5O4. The van der Waals surface area contributed by atoms with Gasteiger partial charge >= 0.3 is 5.69 Å². The van der Waals surface area contributed by atoms with Crippen molar-refractivity contribution in [3.05, 3.63) is 50.7 Å². The van der Waals surface area contributed by atoms with E-state index in [1.54, 1.807) is 0 Å². The van der Waals surface area contributed by atoms with E-state index in [9.17, 15) is 14.4 Å². The zero-order valence-corrected chi connectivity index (χ0v) is 19.5. The molecule has 2 aromatic rings. The van der Waals surface area contributed by atoms with E-state index < -0.39 is 11.2 Å². The highest BCUT2D eigenvalue weighted by atomic mass is 16.5. The first-order chi connectivity index (χ1) is 15.3. The first-order valence-electron chi connectivity index (χ1n) is 11.2. The molecule has 9 nitrogen and oxygen atoms in total. The Morgan fingerprint density at radius 2 is 1.81 bits per heavy atom. The van der Waals surface area contributed by atoms with Gasteiger partial charge in [-0.15, -0.1) is 0 Å². The Morgan fingerprint density at radius 1 is 1.12 bits per heavy atom. The van der Waals surface area contributed by atoms with E-state index >= 15 is 0 Å². The van der Waals surface area contributed by atoms with Crippen LogP contribution in [0.5, 0.6) is 5.75 Å². The number of ether oxygens (including phenoxy) is 1. The Kier molecular flexibility index (Phi) is 9.52. The van der Waals surface area contributed by atoms with E-state index in [2.05, 4.69) is 4.98 Å². The number of anilines is 2. The van der Waals surface area contributed by atoms with Gasteiger partial charge in [0.15, 0.2) is 5.69 Å². The number of rotatable bonds is 12. The zero-order chi connectivity index (χ0) is 23.7. The summed E-state index contributed by atoms with van der Waals surface area (Å²) < 4.78 is 6.78. The molecule has 0 atom stereocenters. The van der Waals surface area contributed by atoms with E-state index in [1.165, 1.54) is 9.47 Å². The van der Waals surface area contributed by atoms with Crippen molar-refractivity contribution in [3.8, 4) is 5.75 Å². The number of nitrogen functional groups attached to an aromatic ring is 1. The van der Waals surface area contributed by atoms with Crippen molar-refractivity contribution in [2.45, 2.75) is 53.1 Å². The second kappa shape index (κ2) is 12.1. The van der Waals surface area contributed by atoms with Crippen LogP contribution in [0.3, 0.4) is 0 Å². The first-order valence-corrected chi connectivity index (χ1v) is 11.2. The number of carbonyl (C=O) groups is 1. The third-order valence-corrected chi connectivity index (χ3v) is 5.06. The number of aromatic nitrogens is 2. The molecule has 9 heteroatoms. The lowest BCUT2D eigenvalue weighted by Gasteiger charge is -2.26. The van der Waals surface area contributed by atoms with Crippen LogP contribution in [-0.2, 0) is 17.9 Å². The second-order valence-electron chi connectivity index (χ2n) is 7.79. The van der Waals surface area contributed by atoms with Crippen LogP contribution in [0.4, 0.5) is 11.5 Å². The Bertz CT molecular complexity index is 997. The molecule has 176 valence electrons. The van der Waals surface area contributed by atoms with E-state index in [1.807, 2.05) is 57.0 Å². The van der Waals surface area contributed by atoms with E-state index in [4.69, 9.17) is 10.5 Å². The van der Waals surface area contributed by atoms with Crippen LogP contribution >= 0.6 is 0 Å². The highest BCUT2D eigenvalue weighted by Crippen LogP contribution is 2.19. The van der Waals surface area contributed by atoms with Crippen LogP contribution in [0.15, 0.2) is 33.9 Å². The Morgan fingerprint density at radius 3 is 2.41 bits per heavy atom. The third-order valence-electron chi connectivity index (χ3n) is 5.06. The molecule has 0 bridgehead atoms. The second-order valence-corrected chi connectivity index (χ2v) is 7.79. The fourth-order valence-corrected chi connectivity index (χ4v) is 3.50. The summed E-state index contributed by atoms with van der Waals surface area (Å²) in [6, 6.07) is 7.73. The molecule has 0 aliphatic rings. The smallest absolute Gasteiger partial charge is 0.330 e. The molecule has 0 aliphatic heterocycles. The molecule has 0 aliphatic carbocycles. The highest BCUT2D eigenvalue weighted by molar-refractivity contribution is 5.96. The maximum absolute atomic E-state index is 13.2. The number of likely N-dealkylation sites (N-methyl/N-ethyl adjacent to an activating group) is 1. The van der Waals surface area contributed by atoms with Crippen molar-refractivity contribution in [2.75, 3.05) is 37.4 Å². The van der Waals surface area contributed by atoms with Crippen LogP contribution in [0.2, 0.25) is 0 Å². The monoisotopic (exact) mass is 445 g/mol. The van der Waals surface area contributed by atoms with Crippen LogP contribution in [-0.4, -0.2) is 47.1 Å². The van der Waals surface area contributed by atoms with Gasteiger partial charge in [-0.1, -0.05) is 32.4 Å². The molecule has 2 rings (SSSR count). The van der Waals surface area contributed by atoms with Gasteiger partial charge in [0.25, 0.3) is 5.56 Å². The first kappa shape index (κ1) is 25.2. The van der Waals surface area contributed by atoms with Gasteiger partial charge in [0.1, 0.15) is 11.6 Å². The predicted molar refractivity (Wildman–Crippen MR) is 127 cm³/mol. The minimum atomic E-state index is -0.640. The zero-order valence-electron chi connectivity index (χ0n) is 19.5. The molecule has 1 aromatic carbocycles. The normalized spacial score (nSPS) is 11.0. The van der Waals surface area contributed by atoms with Gasteiger partial charge in [-0.3, -0.25) is 24.0 Å². The van der Waals surface area contributed by atoms with Gasteiger partial charge < -0.3 is 15.4 Å². The van der Waals surface area contributed by atoms with Gasteiger partial charge in [0.2, 0.25) is 5.91 Å². The van der Waals surface area contributed by atoms with Crippen LogP contribution in [0, 0.1) is 0 Å². The van der Waals surface area contributed by atoms with Gasteiger partial charge in [-0.2, -0.15) is 0 Å². The molecule has 0 saturated heterocycles. The number of amides is 1. The topological polar surface area (TPSA) is 114 Å². The Labute approximate surface area is 188 Å². The molecule has 1 heterocycles. The number of unbranched alkanes of at least 4 members (excludes halogenated alkanes) is 1. The predicted octanol–water partition coefficient (Wildman–Crippen LogP) is 2.19. The largest absolute Gasteiger partial charge is 0.494 e. The number of nitrogens with one attached hydrogen (secondary N) is 1. The molecule has 3 N–H and O–H groups in total. The standard InChI is InChI=1S/C23H35N5O4/c1-5-8-14-27(20-21(24)28(13-6-2)23(31)25-22(20)30)19(29)16-26(4)15-17-9-11-18(12-10-17)32-7-3/h9-12H,5-8,13-16,24H2,1-4H3,(H,25,30,31). The number of nitrogens with zero attached hydrogens (tertiary/aromatic N) is 3. The van der Waals surface area contributed by atoms with Crippen molar-refractivity contribution in [2.24, 2.45) is 0 Å². The Hall–Kier alpha value is -3.07. The molecule has 0 saturated carbocycles. The fraction of sp³-hybridized carbons (Fsp3) is 0.522. The van der Waals surface area contributed by atoms with Crippen LogP contribution < -0.4 is 26.6 Å². The summed E-state index contributed by atoms with van der Waals surface area (Å²) in [5.41, 5.74) is 6.08. The van der Waals surface area contributed by atoms with Gasteiger partial charge in [-0.25, -0.2) is 4.79 Å². The average Bonchev–Trinajstić information content (AvgIpc) is 2.74. The summed E-state index contributed by atoms with van der Waals surface area (Å²) in [6.45, 7) is 7.83. The molecule has 0 fully saturated rings. The van der Waals surface area contributed by atoms with Gasteiger partial charge in [0, 0.05) is 19.6 Å². The lowest BCUT2D eigenvalue weighted by molar-refractivity contribution is -0.119. The van der Waals surface area contributed by atoms with Crippen molar-refractivity contribution < 1.29 is 9.53 Å². The maximum Gasteiger partial charge on any atom is 0.330 e. The number of carbonyl (C=O) groups excluding carboxylic acids is 1. The SMILES string of the molecule is CCCCN(C(=O)CN(C)Cc1ccc(OCC)cc1)c1c(N)n(CCC)c(=O)[nH]c1=O. The van der Waals surface area contributed by atoms with E-state index in [0.717, 1.165) is 17.7 Å². The van der Waals surface area contributed by atoms with Crippen LogP contribution in [0.1, 0.15) is 45.6 Å². The summed E-state index contributed by atoms with van der Waals surface area (Å²) in [6.07, 6.45) is 2.22. The molecule has 0 radical (unpaired) electrons. The maximum atomic E-state index is 13.2. The summed E-state index contributed by atoms with van der Waals surface area (Å²) in [4.78, 5) is 43.6. The summed E-state index contributed by atoms with van der Waals surface area (Å²) in [5, 5.41) is 0. The molecular weight excluding hydrogens is 410 g/mol. The molecule has 1 amide bonds. The number of aromatic amines is 1. The molecule has 0 spiro atoms. The number of hydrogen-bond acceptors (Lipinski definition) is 6. The summed E-state index contributed by atoms with van der Waals surface area (Å²) >= 11 is 0. The number of H-pyrrole nitrogens is 1. The fourth-order valence-electron chi connectivity index (χ4n) is 3.50. The van der Waals surface area contributed by atoms with Crippen molar-refractivity contribution in [1.29, 1.82) is 0 Å². The van der Waals surface area contributed by atoms with E-state index in [0.29, 0.717) is 39.1 Å². The van der Waals surface area contributed by atoms with Gasteiger partial charge in [-0.05, 0) is 44.5 Å². The third kappa shape index (κ3) is 6.46. The quantitative estimate of drug-likeness (QED) is 0.518. The number of nitrogens with two attached hydrogens (primary N) is 1. The van der Waals surface area contributed by atoms with Gasteiger partial charge in [0.05, 0.1) is 13.2 Å². The highest BCUT2D eigenvalue weighted by Gasteiger charge is 2.24. The summed E-state index contributed by atoms with van der Waals surface area (Å²) in [5.74, 6) is 0.586. The van der Waals surface area contributed by atoms with Crippen LogP contribution in [0.25, 0.3) is 0 Å². The van der Waals surface area contributed by atoms with E-state index in [-0.39, 0.29) is 24.0 Å². The molecule has 32 heavy (non-hydrogen) atoms. The minimum absolute atomic E-state index is 0.0271. The Balaban J connectivity index is 2.24. The molecule has 0 unspecified atom stereocenters. The minimum Gasteiger partial charge on any atom is -0.494 e.